The Morgan fingerprint density at radius 1 is 0.902 bits per heavy atom. The molecule has 0 saturated carbocycles. The number of aryl methyl sites for hydroxylation is 1. The molecule has 1 aliphatic heterocycles. The molecule has 1 fully saturated rings. The molecular formula is C35H38N4O2. The molecule has 0 spiro atoms. The molecule has 1 amide bonds. The van der Waals surface area contributed by atoms with Gasteiger partial charge in [-0.2, -0.15) is 0 Å². The standard InChI is InChI=1S/C27H32N2O.C8H6N2O/c1-27(2,3)26(30)29-16-14-28(15-17-29)21-10-13-23-20(18-21)9-12-24-22-7-5-4-6-19(22)8-11-25(23)24;11-8-6-3-1-2-4-7(6)9-5-10-8/h5,7,9-10,12-13,18H,4,6,8,11,14-17H2,1-3H3;1-5H,(H,9,10,11). The van der Waals surface area contributed by atoms with Gasteiger partial charge in [-0.3, -0.25) is 9.59 Å². The van der Waals surface area contributed by atoms with Crippen molar-refractivity contribution in [2.45, 2.75) is 46.5 Å². The summed E-state index contributed by atoms with van der Waals surface area (Å²) in [7, 11) is 0. The Balaban J connectivity index is 0.000000229. The molecule has 0 radical (unpaired) electrons. The lowest BCUT2D eigenvalue weighted by molar-refractivity contribution is -0.139. The zero-order valence-corrected chi connectivity index (χ0v) is 24.2. The van der Waals surface area contributed by atoms with Gasteiger partial charge in [-0.1, -0.05) is 68.8 Å². The lowest BCUT2D eigenvalue weighted by Gasteiger charge is -2.38. The molecule has 0 unspecified atom stereocenters. The van der Waals surface area contributed by atoms with Gasteiger partial charge in [0.15, 0.2) is 0 Å². The third-order valence-electron chi connectivity index (χ3n) is 8.48. The summed E-state index contributed by atoms with van der Waals surface area (Å²) in [5, 5.41) is 3.38. The molecule has 4 aromatic rings. The van der Waals surface area contributed by atoms with Crippen LogP contribution in [0.1, 0.15) is 51.2 Å². The number of hydrogen-bond acceptors (Lipinski definition) is 4. The van der Waals surface area contributed by atoms with E-state index in [1.54, 1.807) is 11.6 Å². The topological polar surface area (TPSA) is 69.3 Å². The maximum absolute atomic E-state index is 12.6. The second-order valence-corrected chi connectivity index (χ2v) is 12.2. The number of carbonyl (C=O) groups excluding carboxylic acids is 1. The number of hydrogen-bond donors (Lipinski definition) is 1. The van der Waals surface area contributed by atoms with Gasteiger partial charge >= 0.3 is 0 Å². The Morgan fingerprint density at radius 3 is 2.49 bits per heavy atom. The van der Waals surface area contributed by atoms with E-state index in [-0.39, 0.29) is 16.9 Å². The summed E-state index contributed by atoms with van der Waals surface area (Å²) in [6, 6.07) is 18.8. The Kier molecular flexibility index (Phi) is 7.24. The maximum atomic E-state index is 12.6. The quantitative estimate of drug-likeness (QED) is 0.296. The average molecular weight is 547 g/mol. The van der Waals surface area contributed by atoms with Crippen molar-refractivity contribution in [3.8, 4) is 0 Å². The molecule has 3 aliphatic rings. The number of allylic oxidation sites excluding steroid dienone is 4. The largest absolute Gasteiger partial charge is 0.368 e. The Bertz CT molecular complexity index is 1730. The Labute approximate surface area is 241 Å². The van der Waals surface area contributed by atoms with Crippen molar-refractivity contribution >= 4 is 38.8 Å². The minimum atomic E-state index is -0.299. The molecule has 3 aromatic carbocycles. The highest BCUT2D eigenvalue weighted by molar-refractivity contribution is 5.95. The van der Waals surface area contributed by atoms with E-state index in [0.717, 1.165) is 38.1 Å². The van der Waals surface area contributed by atoms with E-state index in [0.29, 0.717) is 5.39 Å². The summed E-state index contributed by atoms with van der Waals surface area (Å²) in [4.78, 5) is 34.6. The number of piperazine rings is 1. The number of H-pyrrole nitrogens is 1. The predicted octanol–water partition coefficient (Wildman–Crippen LogP) is 6.51. The molecule has 1 aromatic heterocycles. The van der Waals surface area contributed by atoms with Gasteiger partial charge in [-0.05, 0) is 77.4 Å². The number of nitrogens with zero attached hydrogens (tertiary/aromatic N) is 3. The highest BCUT2D eigenvalue weighted by atomic mass is 16.2. The van der Waals surface area contributed by atoms with Crippen LogP contribution in [0.4, 0.5) is 5.69 Å². The molecule has 1 N–H and O–H groups in total. The lowest BCUT2D eigenvalue weighted by Crippen LogP contribution is -2.51. The van der Waals surface area contributed by atoms with Gasteiger partial charge in [0.1, 0.15) is 0 Å². The molecule has 0 atom stereocenters. The summed E-state index contributed by atoms with van der Waals surface area (Å²) in [5.41, 5.74) is 7.71. The molecule has 6 heteroatoms. The predicted molar refractivity (Wildman–Crippen MR) is 168 cm³/mol. The maximum Gasteiger partial charge on any atom is 0.258 e. The number of fused-ring (bicyclic) bond motifs is 5. The second-order valence-electron chi connectivity index (χ2n) is 12.2. The first-order chi connectivity index (χ1) is 19.8. The number of anilines is 1. The zero-order valence-electron chi connectivity index (χ0n) is 24.2. The lowest BCUT2D eigenvalue weighted by atomic mass is 9.79. The van der Waals surface area contributed by atoms with Gasteiger partial charge in [0, 0.05) is 37.3 Å². The minimum absolute atomic E-state index is 0.0874. The average Bonchev–Trinajstić information content (AvgIpc) is 3.00. The molecule has 1 saturated heterocycles. The van der Waals surface area contributed by atoms with Crippen LogP contribution in [-0.4, -0.2) is 47.0 Å². The van der Waals surface area contributed by atoms with Crippen molar-refractivity contribution in [1.82, 2.24) is 14.9 Å². The molecule has 0 bridgehead atoms. The van der Waals surface area contributed by atoms with Crippen LogP contribution in [0.25, 0.3) is 27.2 Å². The van der Waals surface area contributed by atoms with Gasteiger partial charge in [0.2, 0.25) is 5.91 Å². The number of aromatic amines is 1. The monoisotopic (exact) mass is 546 g/mol. The fraction of sp³-hybridized carbons (Fsp3) is 0.343. The number of nitrogens with one attached hydrogen (secondary N) is 1. The molecular weight excluding hydrogens is 508 g/mol. The van der Waals surface area contributed by atoms with Crippen LogP contribution >= 0.6 is 0 Å². The summed E-state index contributed by atoms with van der Waals surface area (Å²) >= 11 is 0. The van der Waals surface area contributed by atoms with Gasteiger partial charge in [0.05, 0.1) is 17.2 Å². The fourth-order valence-electron chi connectivity index (χ4n) is 6.29. The van der Waals surface area contributed by atoms with E-state index in [9.17, 15) is 9.59 Å². The summed E-state index contributed by atoms with van der Waals surface area (Å²) in [6.45, 7) is 9.44. The Morgan fingerprint density at radius 2 is 1.71 bits per heavy atom. The van der Waals surface area contributed by atoms with Crippen molar-refractivity contribution in [2.24, 2.45) is 5.41 Å². The van der Waals surface area contributed by atoms with Crippen molar-refractivity contribution in [2.75, 3.05) is 31.1 Å². The van der Waals surface area contributed by atoms with E-state index in [2.05, 4.69) is 57.4 Å². The SMILES string of the molecule is CC(C)(C)C(=O)N1CCN(c2ccc3c4c(ccc3c2)C2=C(CCC=C2)CC4)CC1.O=c1[nH]cnc2ccccc12. The number of rotatable bonds is 1. The number of para-hydroxylation sites is 1. The highest BCUT2D eigenvalue weighted by Gasteiger charge is 2.30. The molecule has 210 valence electrons. The van der Waals surface area contributed by atoms with Crippen LogP contribution < -0.4 is 10.5 Å². The molecule has 7 rings (SSSR count). The van der Waals surface area contributed by atoms with Gasteiger partial charge in [-0.25, -0.2) is 4.98 Å². The van der Waals surface area contributed by atoms with Crippen molar-refractivity contribution in [3.63, 3.8) is 0 Å². The summed E-state index contributed by atoms with van der Waals surface area (Å²) in [5.74, 6) is 0.262. The van der Waals surface area contributed by atoms with Crippen LogP contribution in [0.15, 0.2) is 83.4 Å². The van der Waals surface area contributed by atoms with Crippen LogP contribution in [-0.2, 0) is 11.2 Å². The van der Waals surface area contributed by atoms with E-state index in [4.69, 9.17) is 0 Å². The van der Waals surface area contributed by atoms with Crippen LogP contribution in [0.2, 0.25) is 0 Å². The third-order valence-corrected chi connectivity index (χ3v) is 8.48. The highest BCUT2D eigenvalue weighted by Crippen LogP contribution is 2.40. The van der Waals surface area contributed by atoms with Crippen LogP contribution in [0, 0.1) is 5.41 Å². The van der Waals surface area contributed by atoms with Crippen molar-refractivity contribution in [1.29, 1.82) is 0 Å². The van der Waals surface area contributed by atoms with E-state index >= 15 is 0 Å². The van der Waals surface area contributed by atoms with Crippen molar-refractivity contribution < 1.29 is 4.79 Å². The normalized spacial score (nSPS) is 16.8. The Hall–Kier alpha value is -4.19. The first kappa shape index (κ1) is 27.0. The molecule has 6 nitrogen and oxygen atoms in total. The first-order valence-corrected chi connectivity index (χ1v) is 14.7. The van der Waals surface area contributed by atoms with E-state index < -0.39 is 0 Å². The molecule has 2 heterocycles. The fourth-order valence-corrected chi connectivity index (χ4v) is 6.29. The van der Waals surface area contributed by atoms with E-state index in [1.807, 2.05) is 43.9 Å². The molecule has 2 aliphatic carbocycles. The molecule has 41 heavy (non-hydrogen) atoms. The van der Waals surface area contributed by atoms with Gasteiger partial charge < -0.3 is 14.8 Å². The van der Waals surface area contributed by atoms with Gasteiger partial charge in [0.25, 0.3) is 5.56 Å². The van der Waals surface area contributed by atoms with Crippen LogP contribution in [0.5, 0.6) is 0 Å². The first-order valence-electron chi connectivity index (χ1n) is 14.7. The third kappa shape index (κ3) is 5.43. The summed E-state index contributed by atoms with van der Waals surface area (Å²) in [6.07, 6.45) is 10.9. The van der Waals surface area contributed by atoms with Crippen LogP contribution in [0.3, 0.4) is 0 Å². The second kappa shape index (κ2) is 11.0. The van der Waals surface area contributed by atoms with Crippen molar-refractivity contribution in [3.05, 3.63) is 100 Å². The number of aromatic nitrogens is 2. The number of benzene rings is 3. The minimum Gasteiger partial charge on any atom is -0.368 e. The number of amides is 1. The number of carbonyl (C=O) groups is 1. The smallest absolute Gasteiger partial charge is 0.258 e. The van der Waals surface area contributed by atoms with Gasteiger partial charge in [-0.15, -0.1) is 0 Å². The van der Waals surface area contributed by atoms with E-state index in [1.165, 1.54) is 58.7 Å². The zero-order chi connectivity index (χ0) is 28.6. The summed E-state index contributed by atoms with van der Waals surface area (Å²) < 4.78 is 0.